The number of methoxy groups -OCH3 is 1. The number of fused-ring (bicyclic) bond motifs is 1. The number of nitrogens with one attached hydrogen (secondary N) is 1. The second-order valence-electron chi connectivity index (χ2n) is 5.90. The van der Waals surface area contributed by atoms with Crippen molar-refractivity contribution in [1.29, 1.82) is 0 Å². The lowest BCUT2D eigenvalue weighted by molar-refractivity contribution is -0.0622. The molecule has 0 spiro atoms. The van der Waals surface area contributed by atoms with E-state index in [9.17, 15) is 0 Å². The van der Waals surface area contributed by atoms with Crippen LogP contribution in [0.4, 0.5) is 0 Å². The third kappa shape index (κ3) is 2.42. The fourth-order valence-electron chi connectivity index (χ4n) is 3.27. The van der Waals surface area contributed by atoms with Crippen molar-refractivity contribution in [2.75, 3.05) is 20.2 Å². The summed E-state index contributed by atoms with van der Waals surface area (Å²) >= 11 is 0. The van der Waals surface area contributed by atoms with Gasteiger partial charge in [-0.1, -0.05) is 47.6 Å². The smallest absolute Gasteiger partial charge is 0.259 e. The Bertz CT molecular complexity index is 817. The number of piperidine rings is 1. The molecule has 3 aromatic rings. The standard InChI is InChI=1S/C18H19N3O2/c1-22-18(9-11-19-12-10-18)17-20-16(21-23-17)15-8-4-6-13-5-2-3-7-14(13)15/h2-8,19H,9-12H2,1H3. The molecule has 2 aromatic carbocycles. The van der Waals surface area contributed by atoms with Crippen molar-refractivity contribution >= 4 is 10.8 Å². The summed E-state index contributed by atoms with van der Waals surface area (Å²) in [5, 5.41) is 9.85. The molecule has 1 aliphatic rings. The number of hydrogen-bond donors (Lipinski definition) is 1. The molecule has 1 saturated heterocycles. The van der Waals surface area contributed by atoms with Gasteiger partial charge in [0.05, 0.1) is 0 Å². The van der Waals surface area contributed by atoms with Crippen molar-refractivity contribution in [2.45, 2.75) is 18.4 Å². The van der Waals surface area contributed by atoms with Gasteiger partial charge in [0.2, 0.25) is 5.82 Å². The Labute approximate surface area is 134 Å². The molecule has 2 heterocycles. The minimum atomic E-state index is -0.471. The first-order valence-corrected chi connectivity index (χ1v) is 7.91. The van der Waals surface area contributed by atoms with Crippen LogP contribution in [0.2, 0.25) is 0 Å². The molecule has 118 valence electrons. The molecular weight excluding hydrogens is 290 g/mol. The molecule has 0 unspecified atom stereocenters. The predicted octanol–water partition coefficient (Wildman–Crippen LogP) is 3.11. The largest absolute Gasteiger partial charge is 0.368 e. The van der Waals surface area contributed by atoms with Crippen LogP contribution in [0.15, 0.2) is 47.0 Å². The summed E-state index contributed by atoms with van der Waals surface area (Å²) in [4.78, 5) is 4.67. The number of ether oxygens (including phenoxy) is 1. The van der Waals surface area contributed by atoms with E-state index in [1.165, 1.54) is 5.39 Å². The molecule has 1 fully saturated rings. The van der Waals surface area contributed by atoms with Gasteiger partial charge >= 0.3 is 0 Å². The Morgan fingerprint density at radius 1 is 1.09 bits per heavy atom. The quantitative estimate of drug-likeness (QED) is 0.805. The summed E-state index contributed by atoms with van der Waals surface area (Å²) in [7, 11) is 1.72. The van der Waals surface area contributed by atoms with Crippen molar-refractivity contribution in [2.24, 2.45) is 0 Å². The average Bonchev–Trinajstić information content (AvgIpc) is 3.12. The monoisotopic (exact) mass is 309 g/mol. The van der Waals surface area contributed by atoms with Gasteiger partial charge in [0, 0.05) is 12.7 Å². The van der Waals surface area contributed by atoms with Crippen LogP contribution in [0, 0.1) is 0 Å². The first-order valence-electron chi connectivity index (χ1n) is 7.91. The lowest BCUT2D eigenvalue weighted by atomic mass is 9.92. The highest BCUT2D eigenvalue weighted by molar-refractivity contribution is 5.94. The first-order chi connectivity index (χ1) is 11.3. The van der Waals surface area contributed by atoms with Gasteiger partial charge in [-0.2, -0.15) is 4.98 Å². The zero-order valence-corrected chi connectivity index (χ0v) is 13.1. The van der Waals surface area contributed by atoms with E-state index in [4.69, 9.17) is 9.26 Å². The Hall–Kier alpha value is -2.24. The molecule has 0 amide bonds. The first kappa shape index (κ1) is 14.4. The summed E-state index contributed by atoms with van der Waals surface area (Å²) in [6.07, 6.45) is 1.67. The van der Waals surface area contributed by atoms with Crippen LogP contribution in [0.5, 0.6) is 0 Å². The third-order valence-electron chi connectivity index (χ3n) is 4.65. The number of hydrogen-bond acceptors (Lipinski definition) is 5. The van der Waals surface area contributed by atoms with Crippen LogP contribution in [-0.2, 0) is 10.3 Å². The average molecular weight is 309 g/mol. The van der Waals surface area contributed by atoms with Gasteiger partial charge in [0.1, 0.15) is 5.60 Å². The van der Waals surface area contributed by atoms with Gasteiger partial charge < -0.3 is 14.6 Å². The van der Waals surface area contributed by atoms with Gasteiger partial charge in [0.15, 0.2) is 0 Å². The van der Waals surface area contributed by atoms with Crippen molar-refractivity contribution < 1.29 is 9.26 Å². The van der Waals surface area contributed by atoms with Gasteiger partial charge in [-0.3, -0.25) is 0 Å². The molecule has 5 nitrogen and oxygen atoms in total. The zero-order chi connectivity index (χ0) is 15.7. The molecule has 5 heteroatoms. The minimum absolute atomic E-state index is 0.471. The molecule has 0 aliphatic carbocycles. The highest BCUT2D eigenvalue weighted by Gasteiger charge is 2.39. The minimum Gasteiger partial charge on any atom is -0.368 e. The van der Waals surface area contributed by atoms with Crippen LogP contribution in [0.3, 0.4) is 0 Å². The Morgan fingerprint density at radius 3 is 2.70 bits per heavy atom. The highest BCUT2D eigenvalue weighted by atomic mass is 16.5. The van der Waals surface area contributed by atoms with Crippen molar-refractivity contribution in [3.05, 3.63) is 48.4 Å². The second kappa shape index (κ2) is 5.76. The maximum Gasteiger partial charge on any atom is 0.259 e. The molecule has 0 radical (unpaired) electrons. The number of benzene rings is 2. The van der Waals surface area contributed by atoms with E-state index in [0.29, 0.717) is 11.7 Å². The van der Waals surface area contributed by atoms with Gasteiger partial charge in [-0.25, -0.2) is 0 Å². The SMILES string of the molecule is COC1(c2nc(-c3cccc4ccccc34)no2)CCNCC1. The van der Waals surface area contributed by atoms with Crippen LogP contribution in [0.25, 0.3) is 22.2 Å². The van der Waals surface area contributed by atoms with Crippen LogP contribution in [-0.4, -0.2) is 30.3 Å². The molecular formula is C18H19N3O2. The van der Waals surface area contributed by atoms with Crippen molar-refractivity contribution in [3.63, 3.8) is 0 Å². The van der Waals surface area contributed by atoms with E-state index in [0.717, 1.165) is 36.9 Å². The van der Waals surface area contributed by atoms with Gasteiger partial charge in [-0.15, -0.1) is 0 Å². The van der Waals surface area contributed by atoms with Gasteiger partial charge in [0.25, 0.3) is 5.89 Å². The molecule has 23 heavy (non-hydrogen) atoms. The van der Waals surface area contributed by atoms with E-state index in [1.807, 2.05) is 24.3 Å². The predicted molar refractivity (Wildman–Crippen MR) is 88.0 cm³/mol. The Kier molecular flexibility index (Phi) is 3.59. The van der Waals surface area contributed by atoms with Crippen molar-refractivity contribution in [3.8, 4) is 11.4 Å². The van der Waals surface area contributed by atoms with E-state index in [2.05, 4.69) is 33.7 Å². The molecule has 1 aliphatic heterocycles. The number of aromatic nitrogens is 2. The topological polar surface area (TPSA) is 60.2 Å². The van der Waals surface area contributed by atoms with E-state index < -0.39 is 5.60 Å². The summed E-state index contributed by atoms with van der Waals surface area (Å²) < 4.78 is 11.4. The van der Waals surface area contributed by atoms with Crippen LogP contribution < -0.4 is 5.32 Å². The lowest BCUT2D eigenvalue weighted by Gasteiger charge is -2.32. The molecule has 0 atom stereocenters. The number of nitrogens with zero attached hydrogens (tertiary/aromatic N) is 2. The highest BCUT2D eigenvalue weighted by Crippen LogP contribution is 2.35. The third-order valence-corrected chi connectivity index (χ3v) is 4.65. The molecule has 0 bridgehead atoms. The fraction of sp³-hybridized carbons (Fsp3) is 0.333. The lowest BCUT2D eigenvalue weighted by Crippen LogP contribution is -2.41. The van der Waals surface area contributed by atoms with Crippen LogP contribution in [0.1, 0.15) is 18.7 Å². The fourth-order valence-corrected chi connectivity index (χ4v) is 3.27. The van der Waals surface area contributed by atoms with E-state index in [1.54, 1.807) is 7.11 Å². The van der Waals surface area contributed by atoms with Crippen molar-refractivity contribution in [1.82, 2.24) is 15.5 Å². The molecule has 1 aromatic heterocycles. The van der Waals surface area contributed by atoms with Gasteiger partial charge in [-0.05, 0) is 36.7 Å². The summed E-state index contributed by atoms with van der Waals surface area (Å²) in [6, 6.07) is 14.4. The maximum absolute atomic E-state index is 5.77. The van der Waals surface area contributed by atoms with Crippen LogP contribution >= 0.6 is 0 Å². The summed E-state index contributed by atoms with van der Waals surface area (Å²) in [5.41, 5.74) is 0.513. The van der Waals surface area contributed by atoms with E-state index in [-0.39, 0.29) is 0 Å². The second-order valence-corrected chi connectivity index (χ2v) is 5.90. The Balaban J connectivity index is 1.78. The van der Waals surface area contributed by atoms with E-state index >= 15 is 0 Å². The normalized spacial score (nSPS) is 17.4. The maximum atomic E-state index is 5.77. The molecule has 1 N–H and O–H groups in total. The summed E-state index contributed by atoms with van der Waals surface area (Å²) in [6.45, 7) is 1.78. The number of rotatable bonds is 3. The summed E-state index contributed by atoms with van der Waals surface area (Å²) in [5.74, 6) is 1.19. The zero-order valence-electron chi connectivity index (χ0n) is 13.1. The Morgan fingerprint density at radius 2 is 1.87 bits per heavy atom. The molecule has 4 rings (SSSR count). The molecule has 0 saturated carbocycles.